The first-order chi connectivity index (χ1) is 11.7. The minimum atomic E-state index is -0.00237. The van der Waals surface area contributed by atoms with E-state index < -0.39 is 0 Å². The van der Waals surface area contributed by atoms with Crippen molar-refractivity contribution in [2.24, 2.45) is 0 Å². The molecule has 3 aromatic rings. The molecular weight excluding hydrogens is 302 g/mol. The van der Waals surface area contributed by atoms with Crippen molar-refractivity contribution in [1.29, 1.82) is 0 Å². The summed E-state index contributed by atoms with van der Waals surface area (Å²) in [5.74, 6) is 0.228. The minimum absolute atomic E-state index is 0.00237. The van der Waals surface area contributed by atoms with E-state index in [2.05, 4.69) is 10.6 Å². The van der Waals surface area contributed by atoms with Gasteiger partial charge in [0.25, 0.3) is 5.56 Å². The third-order valence-electron chi connectivity index (χ3n) is 4.42. The molecule has 3 N–H and O–H groups in total. The summed E-state index contributed by atoms with van der Waals surface area (Å²) in [6.45, 7) is 2.45. The molecule has 0 atom stereocenters. The van der Waals surface area contributed by atoms with Gasteiger partial charge < -0.3 is 20.3 Å². The molecule has 0 aliphatic carbocycles. The average molecular weight is 321 g/mol. The molecule has 0 amide bonds. The Morgan fingerprint density at radius 1 is 1.12 bits per heavy atom. The summed E-state index contributed by atoms with van der Waals surface area (Å²) in [5, 5.41) is 17.7. The van der Waals surface area contributed by atoms with Gasteiger partial charge in [0.15, 0.2) is 0 Å². The molecule has 2 aromatic carbocycles. The second-order valence-electron chi connectivity index (χ2n) is 6.22. The van der Waals surface area contributed by atoms with Crippen LogP contribution >= 0.6 is 0 Å². The number of hydrogen-bond acceptors (Lipinski definition) is 4. The second-order valence-corrected chi connectivity index (χ2v) is 6.22. The molecule has 1 aliphatic rings. The normalized spacial score (nSPS) is 14.5. The Morgan fingerprint density at radius 2 is 1.92 bits per heavy atom. The maximum Gasteiger partial charge on any atom is 0.258 e. The number of hydrogen-bond donors (Lipinski definition) is 3. The molecule has 1 saturated heterocycles. The molecule has 1 aliphatic heterocycles. The second kappa shape index (κ2) is 6.02. The number of pyridine rings is 1. The zero-order chi connectivity index (χ0) is 16.5. The van der Waals surface area contributed by atoms with E-state index in [1.54, 1.807) is 16.7 Å². The third kappa shape index (κ3) is 2.86. The van der Waals surface area contributed by atoms with Crippen molar-refractivity contribution in [3.8, 4) is 5.75 Å². The number of fused-ring (bicyclic) bond motifs is 1. The lowest BCUT2D eigenvalue weighted by Crippen LogP contribution is -2.51. The Hall–Kier alpha value is -2.79. The van der Waals surface area contributed by atoms with Crippen LogP contribution in [-0.2, 0) is 6.54 Å². The van der Waals surface area contributed by atoms with Gasteiger partial charge in [-0.05, 0) is 47.3 Å². The SMILES string of the molecule is O=c1c2ccc(NC3CNC3)cc2ccn1Cc1ccc(O)cc1. The average Bonchev–Trinajstić information content (AvgIpc) is 2.55. The highest BCUT2D eigenvalue weighted by Crippen LogP contribution is 2.18. The molecular formula is C19H19N3O2. The molecule has 5 nitrogen and oxygen atoms in total. The molecule has 0 saturated carbocycles. The monoisotopic (exact) mass is 321 g/mol. The number of benzene rings is 2. The van der Waals surface area contributed by atoms with Gasteiger partial charge in [-0.2, -0.15) is 0 Å². The van der Waals surface area contributed by atoms with E-state index in [0.29, 0.717) is 18.0 Å². The molecule has 24 heavy (non-hydrogen) atoms. The number of aromatic hydroxyl groups is 1. The summed E-state index contributed by atoms with van der Waals surface area (Å²) in [7, 11) is 0. The van der Waals surface area contributed by atoms with Crippen molar-refractivity contribution in [1.82, 2.24) is 9.88 Å². The van der Waals surface area contributed by atoms with Crippen LogP contribution in [0.25, 0.3) is 10.8 Å². The Morgan fingerprint density at radius 3 is 2.62 bits per heavy atom. The van der Waals surface area contributed by atoms with Crippen LogP contribution in [0.2, 0.25) is 0 Å². The van der Waals surface area contributed by atoms with Gasteiger partial charge in [0.05, 0.1) is 12.6 Å². The van der Waals surface area contributed by atoms with Gasteiger partial charge >= 0.3 is 0 Å². The van der Waals surface area contributed by atoms with E-state index >= 15 is 0 Å². The standard InChI is InChI=1S/C19H19N3O2/c23-17-4-1-13(2-5-17)12-22-8-7-14-9-15(21-16-10-20-11-16)3-6-18(14)19(22)24/h1-9,16,20-21,23H,10-12H2. The van der Waals surface area contributed by atoms with Crippen molar-refractivity contribution in [3.05, 3.63) is 70.6 Å². The molecule has 4 rings (SSSR count). The maximum absolute atomic E-state index is 12.7. The zero-order valence-electron chi connectivity index (χ0n) is 13.2. The van der Waals surface area contributed by atoms with Crippen LogP contribution in [0.3, 0.4) is 0 Å². The highest BCUT2D eigenvalue weighted by atomic mass is 16.3. The quantitative estimate of drug-likeness (QED) is 0.689. The van der Waals surface area contributed by atoms with Crippen LogP contribution in [0.1, 0.15) is 5.56 Å². The van der Waals surface area contributed by atoms with Gasteiger partial charge in [0.2, 0.25) is 0 Å². The number of rotatable bonds is 4. The van der Waals surface area contributed by atoms with Gasteiger partial charge in [-0.1, -0.05) is 12.1 Å². The Bertz CT molecular complexity index is 927. The fraction of sp³-hybridized carbons (Fsp3) is 0.211. The summed E-state index contributed by atoms with van der Waals surface area (Å²) in [5.41, 5.74) is 2.02. The van der Waals surface area contributed by atoms with Crippen LogP contribution in [0.15, 0.2) is 59.5 Å². The summed E-state index contributed by atoms with van der Waals surface area (Å²) >= 11 is 0. The number of anilines is 1. The smallest absolute Gasteiger partial charge is 0.258 e. The minimum Gasteiger partial charge on any atom is -0.508 e. The molecule has 0 unspecified atom stereocenters. The first kappa shape index (κ1) is 14.8. The van der Waals surface area contributed by atoms with Crippen LogP contribution in [0.5, 0.6) is 5.75 Å². The molecule has 2 heterocycles. The van der Waals surface area contributed by atoms with Gasteiger partial charge in [0, 0.05) is 30.4 Å². The Balaban J connectivity index is 1.63. The summed E-state index contributed by atoms with van der Waals surface area (Å²) in [6.07, 6.45) is 1.83. The van der Waals surface area contributed by atoms with E-state index in [9.17, 15) is 9.90 Å². The highest BCUT2D eigenvalue weighted by molar-refractivity contribution is 5.84. The molecule has 0 radical (unpaired) electrons. The largest absolute Gasteiger partial charge is 0.508 e. The van der Waals surface area contributed by atoms with E-state index in [-0.39, 0.29) is 11.3 Å². The predicted molar refractivity (Wildman–Crippen MR) is 95.7 cm³/mol. The van der Waals surface area contributed by atoms with Gasteiger partial charge in [-0.25, -0.2) is 0 Å². The fourth-order valence-electron chi connectivity index (χ4n) is 2.93. The molecule has 0 spiro atoms. The van der Waals surface area contributed by atoms with Crippen LogP contribution < -0.4 is 16.2 Å². The lowest BCUT2D eigenvalue weighted by molar-refractivity contribution is 0.472. The van der Waals surface area contributed by atoms with Crippen LogP contribution in [-0.4, -0.2) is 28.8 Å². The Labute approximate surface area is 139 Å². The van der Waals surface area contributed by atoms with E-state index in [0.717, 1.165) is 29.7 Å². The Kier molecular flexibility index (Phi) is 3.70. The van der Waals surface area contributed by atoms with Crippen LogP contribution in [0, 0.1) is 0 Å². The van der Waals surface area contributed by atoms with E-state index in [4.69, 9.17) is 0 Å². The van der Waals surface area contributed by atoms with Gasteiger partial charge in [-0.15, -0.1) is 0 Å². The topological polar surface area (TPSA) is 66.3 Å². The number of phenolic OH excluding ortho intramolecular Hbond substituents is 1. The highest BCUT2D eigenvalue weighted by Gasteiger charge is 2.16. The van der Waals surface area contributed by atoms with Crippen molar-refractivity contribution in [3.63, 3.8) is 0 Å². The number of phenols is 1. The van der Waals surface area contributed by atoms with E-state index in [1.807, 2.05) is 42.6 Å². The zero-order valence-corrected chi connectivity index (χ0v) is 13.2. The van der Waals surface area contributed by atoms with Crippen molar-refractivity contribution in [2.45, 2.75) is 12.6 Å². The lowest BCUT2D eigenvalue weighted by atomic mass is 10.1. The summed E-state index contributed by atoms with van der Waals surface area (Å²) in [6, 6.07) is 15.2. The van der Waals surface area contributed by atoms with Crippen LogP contribution in [0.4, 0.5) is 5.69 Å². The molecule has 0 bridgehead atoms. The lowest BCUT2D eigenvalue weighted by Gasteiger charge is -2.29. The number of nitrogens with zero attached hydrogens (tertiary/aromatic N) is 1. The first-order valence-electron chi connectivity index (χ1n) is 8.07. The number of nitrogens with one attached hydrogen (secondary N) is 2. The van der Waals surface area contributed by atoms with Crippen molar-refractivity contribution >= 4 is 16.5 Å². The molecule has 1 aromatic heterocycles. The van der Waals surface area contributed by atoms with Gasteiger partial charge in [-0.3, -0.25) is 4.79 Å². The summed E-state index contributed by atoms with van der Waals surface area (Å²) in [4.78, 5) is 12.7. The molecule has 1 fully saturated rings. The fourth-order valence-corrected chi connectivity index (χ4v) is 2.93. The van der Waals surface area contributed by atoms with Crippen molar-refractivity contribution in [2.75, 3.05) is 18.4 Å². The molecule has 5 heteroatoms. The predicted octanol–water partition coefficient (Wildman–Crippen LogP) is 2.14. The third-order valence-corrected chi connectivity index (χ3v) is 4.42. The molecule has 122 valence electrons. The summed E-state index contributed by atoms with van der Waals surface area (Å²) < 4.78 is 1.69. The first-order valence-corrected chi connectivity index (χ1v) is 8.07. The maximum atomic E-state index is 12.7. The number of aromatic nitrogens is 1. The van der Waals surface area contributed by atoms with Gasteiger partial charge in [0.1, 0.15) is 5.75 Å². The van der Waals surface area contributed by atoms with E-state index in [1.165, 1.54) is 0 Å². The van der Waals surface area contributed by atoms with Crippen molar-refractivity contribution < 1.29 is 5.11 Å².